The Hall–Kier alpha value is -1.78. The molecule has 0 aromatic carbocycles. The molecule has 0 aliphatic heterocycles. The lowest BCUT2D eigenvalue weighted by Crippen LogP contribution is -2.52. The van der Waals surface area contributed by atoms with Crippen molar-refractivity contribution in [2.75, 3.05) is 7.05 Å². The lowest BCUT2D eigenvalue weighted by atomic mass is 9.78. The predicted octanol–water partition coefficient (Wildman–Crippen LogP) is 2.53. The van der Waals surface area contributed by atoms with Crippen molar-refractivity contribution < 1.29 is 19.1 Å². The molecule has 5 heteroatoms. The Balaban J connectivity index is 2.22. The highest BCUT2D eigenvalue weighted by atomic mass is 16.4. The highest BCUT2D eigenvalue weighted by molar-refractivity contribution is 5.94. The Bertz CT molecular complexity index is 446. The third-order valence-corrected chi connectivity index (χ3v) is 4.05. The predicted molar refractivity (Wildman–Crippen MR) is 68.9 cm³/mol. The maximum atomic E-state index is 12.4. The number of hydrogen-bond acceptors (Lipinski definition) is 3. The van der Waals surface area contributed by atoms with Crippen LogP contribution in [0, 0.1) is 0 Å². The number of aliphatic carboxylic acids is 1. The summed E-state index contributed by atoms with van der Waals surface area (Å²) in [6.07, 6.45) is 7.40. The Labute approximate surface area is 112 Å². The first-order valence-electron chi connectivity index (χ1n) is 6.57. The van der Waals surface area contributed by atoms with Gasteiger partial charge in [0, 0.05) is 7.05 Å². The monoisotopic (exact) mass is 265 g/mol. The summed E-state index contributed by atoms with van der Waals surface area (Å²) in [6, 6.07) is 1.61. The second kappa shape index (κ2) is 5.47. The Kier molecular flexibility index (Phi) is 3.93. The van der Waals surface area contributed by atoms with Crippen molar-refractivity contribution in [3.63, 3.8) is 0 Å². The minimum atomic E-state index is -0.853. The summed E-state index contributed by atoms with van der Waals surface area (Å²) in [5.74, 6) is -1.02. The molecule has 0 spiro atoms. The van der Waals surface area contributed by atoms with Crippen molar-refractivity contribution in [3.05, 3.63) is 24.2 Å². The summed E-state index contributed by atoms with van der Waals surface area (Å²) < 4.78 is 4.92. The number of hydrogen-bond donors (Lipinski definition) is 1. The van der Waals surface area contributed by atoms with Gasteiger partial charge in [0.15, 0.2) is 0 Å². The lowest BCUT2D eigenvalue weighted by Gasteiger charge is -2.43. The van der Waals surface area contributed by atoms with Gasteiger partial charge in [0.1, 0.15) is 6.26 Å². The van der Waals surface area contributed by atoms with E-state index >= 15 is 0 Å². The number of carbonyl (C=O) groups excluding carboxylic acids is 1. The largest absolute Gasteiger partial charge is 0.481 e. The van der Waals surface area contributed by atoms with Gasteiger partial charge < -0.3 is 14.4 Å². The zero-order valence-electron chi connectivity index (χ0n) is 11.1. The smallest absolute Gasteiger partial charge is 0.305 e. The van der Waals surface area contributed by atoms with Gasteiger partial charge in [-0.3, -0.25) is 9.59 Å². The maximum Gasteiger partial charge on any atom is 0.305 e. The van der Waals surface area contributed by atoms with Gasteiger partial charge in [0.05, 0.1) is 23.8 Å². The van der Waals surface area contributed by atoms with Crippen LogP contribution in [-0.4, -0.2) is 34.5 Å². The van der Waals surface area contributed by atoms with Crippen LogP contribution in [-0.2, 0) is 4.79 Å². The number of carboxylic acids is 1. The van der Waals surface area contributed by atoms with Crippen LogP contribution in [0.3, 0.4) is 0 Å². The Morgan fingerprint density at radius 2 is 2.05 bits per heavy atom. The van der Waals surface area contributed by atoms with Crippen molar-refractivity contribution in [3.8, 4) is 0 Å². The first-order chi connectivity index (χ1) is 9.05. The van der Waals surface area contributed by atoms with Crippen LogP contribution >= 0.6 is 0 Å². The van der Waals surface area contributed by atoms with Gasteiger partial charge in [-0.05, 0) is 18.9 Å². The van der Waals surface area contributed by atoms with Gasteiger partial charge in [-0.2, -0.15) is 0 Å². The molecule has 1 heterocycles. The van der Waals surface area contributed by atoms with Crippen LogP contribution in [0.1, 0.15) is 48.9 Å². The summed E-state index contributed by atoms with van der Waals surface area (Å²) in [5.41, 5.74) is -0.0869. The fourth-order valence-corrected chi connectivity index (χ4v) is 2.92. The molecule has 0 radical (unpaired) electrons. The second-order valence-electron chi connectivity index (χ2n) is 5.23. The molecule has 104 valence electrons. The molecule has 1 aromatic heterocycles. The van der Waals surface area contributed by atoms with Crippen molar-refractivity contribution in [1.82, 2.24) is 4.90 Å². The average molecular weight is 265 g/mol. The molecule has 0 unspecified atom stereocenters. The van der Waals surface area contributed by atoms with Crippen LogP contribution < -0.4 is 0 Å². The molecular weight excluding hydrogens is 246 g/mol. The minimum Gasteiger partial charge on any atom is -0.481 e. The lowest BCUT2D eigenvalue weighted by molar-refractivity contribution is -0.140. The van der Waals surface area contributed by atoms with Gasteiger partial charge in [-0.15, -0.1) is 0 Å². The number of rotatable bonds is 4. The van der Waals surface area contributed by atoms with E-state index in [1.54, 1.807) is 18.0 Å². The minimum absolute atomic E-state index is 0.00704. The van der Waals surface area contributed by atoms with Gasteiger partial charge in [0.25, 0.3) is 5.91 Å². The molecule has 0 saturated heterocycles. The summed E-state index contributed by atoms with van der Waals surface area (Å²) in [5, 5.41) is 9.14. The van der Waals surface area contributed by atoms with E-state index < -0.39 is 11.5 Å². The van der Waals surface area contributed by atoms with E-state index in [0.717, 1.165) is 32.1 Å². The van der Waals surface area contributed by atoms with Crippen molar-refractivity contribution in [1.29, 1.82) is 0 Å². The van der Waals surface area contributed by atoms with Crippen LogP contribution in [0.25, 0.3) is 0 Å². The fraction of sp³-hybridized carbons (Fsp3) is 0.571. The van der Waals surface area contributed by atoms with Gasteiger partial charge in [-0.25, -0.2) is 0 Å². The van der Waals surface area contributed by atoms with Gasteiger partial charge in [0.2, 0.25) is 0 Å². The molecule has 0 bridgehead atoms. The van der Waals surface area contributed by atoms with Gasteiger partial charge >= 0.3 is 5.97 Å². The number of furan rings is 1. The highest BCUT2D eigenvalue weighted by Crippen LogP contribution is 2.36. The van der Waals surface area contributed by atoms with E-state index in [0.29, 0.717) is 5.56 Å². The molecule has 1 aliphatic rings. The molecule has 2 rings (SSSR count). The van der Waals surface area contributed by atoms with E-state index in [9.17, 15) is 9.59 Å². The van der Waals surface area contributed by atoms with E-state index in [4.69, 9.17) is 9.52 Å². The standard InChI is InChI=1S/C14H19NO4/c1-15(13(18)11-5-8-19-10-11)14(9-12(16)17)6-3-2-4-7-14/h5,8,10H,2-4,6-7,9H2,1H3,(H,16,17). The van der Waals surface area contributed by atoms with E-state index in [-0.39, 0.29) is 12.3 Å². The fourth-order valence-electron chi connectivity index (χ4n) is 2.92. The summed E-state index contributed by atoms with van der Waals surface area (Å²) in [6.45, 7) is 0. The third kappa shape index (κ3) is 2.80. The average Bonchev–Trinajstić information content (AvgIpc) is 2.91. The highest BCUT2D eigenvalue weighted by Gasteiger charge is 2.40. The SMILES string of the molecule is CN(C(=O)c1ccoc1)C1(CC(=O)O)CCCCC1. The Morgan fingerprint density at radius 3 is 2.58 bits per heavy atom. The molecule has 1 saturated carbocycles. The molecule has 1 N–H and O–H groups in total. The molecule has 1 amide bonds. The van der Waals surface area contributed by atoms with Crippen LogP contribution in [0.5, 0.6) is 0 Å². The number of carboxylic acid groups (broad SMARTS) is 1. The zero-order chi connectivity index (χ0) is 13.9. The van der Waals surface area contributed by atoms with E-state index in [2.05, 4.69) is 0 Å². The molecular formula is C14H19NO4. The summed E-state index contributed by atoms with van der Waals surface area (Å²) >= 11 is 0. The van der Waals surface area contributed by atoms with E-state index in [1.165, 1.54) is 12.5 Å². The van der Waals surface area contributed by atoms with Crippen molar-refractivity contribution in [2.45, 2.75) is 44.1 Å². The van der Waals surface area contributed by atoms with Crippen molar-refractivity contribution in [2.24, 2.45) is 0 Å². The third-order valence-electron chi connectivity index (χ3n) is 4.05. The molecule has 1 aliphatic carbocycles. The first kappa shape index (κ1) is 13.6. The van der Waals surface area contributed by atoms with Crippen LogP contribution in [0.2, 0.25) is 0 Å². The quantitative estimate of drug-likeness (QED) is 0.908. The molecule has 19 heavy (non-hydrogen) atoms. The maximum absolute atomic E-state index is 12.4. The summed E-state index contributed by atoms with van der Waals surface area (Å²) in [4.78, 5) is 25.1. The second-order valence-corrected chi connectivity index (χ2v) is 5.23. The van der Waals surface area contributed by atoms with Crippen molar-refractivity contribution >= 4 is 11.9 Å². The van der Waals surface area contributed by atoms with Crippen LogP contribution in [0.15, 0.2) is 23.0 Å². The first-order valence-corrected chi connectivity index (χ1v) is 6.57. The van der Waals surface area contributed by atoms with Gasteiger partial charge in [-0.1, -0.05) is 19.3 Å². The molecule has 1 aromatic rings. The topological polar surface area (TPSA) is 70.8 Å². The normalized spacial score (nSPS) is 17.9. The number of carbonyl (C=O) groups is 2. The molecule has 5 nitrogen and oxygen atoms in total. The summed E-state index contributed by atoms with van der Waals surface area (Å²) in [7, 11) is 1.70. The number of nitrogens with zero attached hydrogens (tertiary/aromatic N) is 1. The van der Waals surface area contributed by atoms with Crippen LogP contribution in [0.4, 0.5) is 0 Å². The van der Waals surface area contributed by atoms with E-state index in [1.807, 2.05) is 0 Å². The Morgan fingerprint density at radius 1 is 1.37 bits per heavy atom. The number of amides is 1. The zero-order valence-corrected chi connectivity index (χ0v) is 11.1. The molecule has 1 fully saturated rings. The molecule has 0 atom stereocenters.